The van der Waals surface area contributed by atoms with Gasteiger partial charge in [0.05, 0.1) is 25.0 Å². The van der Waals surface area contributed by atoms with Gasteiger partial charge in [0, 0.05) is 32.0 Å². The molecule has 1 spiro atoms. The number of alkyl halides is 3. The number of allylic oxidation sites excluding steroid dienone is 1. The van der Waals surface area contributed by atoms with E-state index in [0.717, 1.165) is 26.3 Å². The van der Waals surface area contributed by atoms with Crippen molar-refractivity contribution in [2.75, 3.05) is 37.0 Å². The summed E-state index contributed by atoms with van der Waals surface area (Å²) < 4.78 is 65.5. The minimum Gasteiger partial charge on any atom is -0.475 e. The van der Waals surface area contributed by atoms with Crippen molar-refractivity contribution in [2.45, 2.75) is 24.6 Å². The third-order valence-corrected chi connectivity index (χ3v) is 5.42. The van der Waals surface area contributed by atoms with Crippen molar-refractivity contribution >= 4 is 35.6 Å². The quantitative estimate of drug-likeness (QED) is 0.187. The van der Waals surface area contributed by atoms with Gasteiger partial charge in [-0.2, -0.15) is 13.2 Å². The Bertz CT molecular complexity index is 1150. The molecule has 1 heterocycles. The number of amides is 3. The predicted octanol–water partition coefficient (Wildman–Crippen LogP) is 1.76. The van der Waals surface area contributed by atoms with Crippen molar-refractivity contribution in [3.8, 4) is 18.1 Å². The van der Waals surface area contributed by atoms with Gasteiger partial charge in [0.1, 0.15) is 18.0 Å². The summed E-state index contributed by atoms with van der Waals surface area (Å²) in [6, 6.07) is 1.97. The molecule has 1 saturated carbocycles. The highest BCUT2D eigenvalue weighted by molar-refractivity contribution is 6.07. The molecule has 186 valence electrons. The molecule has 1 aromatic rings. The molecule has 1 fully saturated rings. The van der Waals surface area contributed by atoms with E-state index in [1.807, 2.05) is 0 Å². The Morgan fingerprint density at radius 3 is 2.51 bits per heavy atom. The zero-order chi connectivity index (χ0) is 26.1. The molecule has 0 N–H and O–H groups in total. The second-order valence-electron chi connectivity index (χ2n) is 7.70. The normalized spacial score (nSPS) is 16.1. The molecule has 0 saturated heterocycles. The Balaban J connectivity index is 1.99. The predicted molar refractivity (Wildman–Crippen MR) is 113 cm³/mol. The summed E-state index contributed by atoms with van der Waals surface area (Å²) >= 11 is 0. The number of nitrogens with zero attached hydrogens (tertiary/aromatic N) is 3. The van der Waals surface area contributed by atoms with E-state index in [1.54, 1.807) is 0 Å². The molecule has 2 aliphatic rings. The summed E-state index contributed by atoms with van der Waals surface area (Å²) in [6.45, 7) is -1.29. The van der Waals surface area contributed by atoms with E-state index >= 15 is 0 Å². The zero-order valence-corrected chi connectivity index (χ0v) is 18.5. The highest BCUT2D eigenvalue weighted by Crippen LogP contribution is 2.50. The van der Waals surface area contributed by atoms with Crippen molar-refractivity contribution in [2.24, 2.45) is 0 Å². The smallest absolute Gasteiger partial charge is 0.431 e. The fourth-order valence-electron chi connectivity index (χ4n) is 3.41. The topological polar surface area (TPSA) is 96.5 Å². The van der Waals surface area contributed by atoms with Gasteiger partial charge in [-0.25, -0.2) is 4.39 Å². The minimum atomic E-state index is -5.22. The van der Waals surface area contributed by atoms with Crippen molar-refractivity contribution < 1.29 is 46.2 Å². The number of hydrogen-bond acceptors (Lipinski definition) is 6. The van der Waals surface area contributed by atoms with Crippen LogP contribution in [0.15, 0.2) is 23.9 Å². The average molecular weight is 497 g/mol. The summed E-state index contributed by atoms with van der Waals surface area (Å²) in [5.74, 6) is -1.71. The lowest BCUT2D eigenvalue weighted by Gasteiger charge is -2.34. The second-order valence-corrected chi connectivity index (χ2v) is 7.70. The van der Waals surface area contributed by atoms with Gasteiger partial charge in [0.2, 0.25) is 6.41 Å². The molecule has 0 bridgehead atoms. The van der Waals surface area contributed by atoms with Crippen LogP contribution in [0.4, 0.5) is 28.9 Å². The molecule has 1 aliphatic carbocycles. The molecule has 3 rings (SSSR count). The Hall–Kier alpha value is -4.08. The number of esters is 1. The minimum absolute atomic E-state index is 0.00354. The number of terminal acetylenes is 1. The van der Waals surface area contributed by atoms with Crippen LogP contribution in [0.25, 0.3) is 0 Å². The number of benzene rings is 1. The van der Waals surface area contributed by atoms with E-state index in [-0.39, 0.29) is 35.4 Å². The first-order valence-corrected chi connectivity index (χ1v) is 10.0. The number of anilines is 2. The average Bonchev–Trinajstić information content (AvgIpc) is 3.57. The Morgan fingerprint density at radius 2 is 2.00 bits per heavy atom. The maximum atomic E-state index is 14.9. The van der Waals surface area contributed by atoms with Crippen molar-refractivity contribution in [3.05, 3.63) is 29.7 Å². The summed E-state index contributed by atoms with van der Waals surface area (Å²) in [7, 11) is 1.89. The van der Waals surface area contributed by atoms with Gasteiger partial charge in [0.15, 0.2) is 11.4 Å². The van der Waals surface area contributed by atoms with Crippen LogP contribution in [0.3, 0.4) is 0 Å². The molecule has 0 radical (unpaired) electrons. The lowest BCUT2D eigenvalue weighted by molar-refractivity contribution is -0.148. The molecular formula is C22H19F4N3O6. The third-order valence-electron chi connectivity index (χ3n) is 5.42. The highest BCUT2D eigenvalue weighted by atomic mass is 19.4. The summed E-state index contributed by atoms with van der Waals surface area (Å²) in [5, 5.41) is 0. The number of rotatable bonds is 7. The summed E-state index contributed by atoms with van der Waals surface area (Å²) in [5.41, 5.74) is -3.33. The van der Waals surface area contributed by atoms with Crippen LogP contribution in [-0.4, -0.2) is 68.1 Å². The first-order chi connectivity index (χ1) is 16.4. The second kappa shape index (κ2) is 9.28. The van der Waals surface area contributed by atoms with Crippen molar-refractivity contribution in [3.63, 3.8) is 0 Å². The molecule has 0 unspecified atom stereocenters. The number of ether oxygens (including phenoxy) is 2. The lowest BCUT2D eigenvalue weighted by atomic mass is 10.1. The number of hydrogen-bond donors (Lipinski definition) is 0. The van der Waals surface area contributed by atoms with Crippen LogP contribution >= 0.6 is 0 Å². The molecule has 3 amide bonds. The van der Waals surface area contributed by atoms with Crippen LogP contribution in [0.1, 0.15) is 12.8 Å². The van der Waals surface area contributed by atoms with Crippen LogP contribution in [0.5, 0.6) is 5.75 Å². The van der Waals surface area contributed by atoms with Crippen molar-refractivity contribution in [1.82, 2.24) is 4.90 Å². The van der Waals surface area contributed by atoms with Gasteiger partial charge in [-0.1, -0.05) is 5.92 Å². The van der Waals surface area contributed by atoms with E-state index in [4.69, 9.17) is 11.2 Å². The highest BCUT2D eigenvalue weighted by Gasteiger charge is 2.58. The number of carbonyl (C=O) groups is 4. The third kappa shape index (κ3) is 4.91. The van der Waals surface area contributed by atoms with E-state index in [1.165, 1.54) is 4.90 Å². The summed E-state index contributed by atoms with van der Waals surface area (Å²) in [4.78, 5) is 49.6. The van der Waals surface area contributed by atoms with Crippen LogP contribution in [0.2, 0.25) is 0 Å². The van der Waals surface area contributed by atoms with E-state index in [9.17, 15) is 36.7 Å². The van der Waals surface area contributed by atoms with Gasteiger partial charge >= 0.3 is 12.1 Å². The van der Waals surface area contributed by atoms with E-state index in [0.29, 0.717) is 17.7 Å². The van der Waals surface area contributed by atoms with Crippen LogP contribution in [0, 0.1) is 18.2 Å². The Labute approximate surface area is 196 Å². The maximum Gasteiger partial charge on any atom is 0.431 e. The van der Waals surface area contributed by atoms with Gasteiger partial charge in [-0.3, -0.25) is 29.0 Å². The first-order valence-electron chi connectivity index (χ1n) is 10.0. The fraction of sp³-hybridized carbons (Fsp3) is 0.364. The van der Waals surface area contributed by atoms with Crippen LogP contribution in [-0.2, 0) is 23.9 Å². The van der Waals surface area contributed by atoms with Crippen molar-refractivity contribution in [1.29, 1.82) is 0 Å². The number of methoxy groups -OCH3 is 1. The molecule has 9 nitrogen and oxygen atoms in total. The Morgan fingerprint density at radius 1 is 1.34 bits per heavy atom. The molecule has 0 atom stereocenters. The maximum absolute atomic E-state index is 14.9. The Kier molecular flexibility index (Phi) is 6.77. The number of halogens is 4. The van der Waals surface area contributed by atoms with E-state index in [2.05, 4.69) is 10.7 Å². The van der Waals surface area contributed by atoms with Crippen LogP contribution < -0.4 is 14.5 Å². The standard InChI is InChI=1S/C22H19F4N3O6/c1-4-7-29-15-9-14(13(23)8-16(15)35-21(5-6-21)20(29)33)27(2)18(31)10-17(22(24,25)26)28(12-30)11-19(32)34-3/h1,8-10,12H,5-7,11H2,2-3H3/b17-10-. The largest absolute Gasteiger partial charge is 0.475 e. The molecule has 13 heteroatoms. The van der Waals surface area contributed by atoms with Gasteiger partial charge < -0.3 is 14.4 Å². The summed E-state index contributed by atoms with van der Waals surface area (Å²) in [6.07, 6.45) is 0.694. The first kappa shape index (κ1) is 25.5. The van der Waals surface area contributed by atoms with E-state index < -0.39 is 53.3 Å². The SMILES string of the molecule is C#CCN1C(=O)C2(CC2)Oc2cc(F)c(N(C)C(=O)/C=C(\N(C=O)CC(=O)OC)C(F)(F)F)cc21. The number of fused-ring (bicyclic) bond motifs is 1. The fourth-order valence-corrected chi connectivity index (χ4v) is 3.41. The molecule has 1 aromatic carbocycles. The molecular weight excluding hydrogens is 478 g/mol. The number of likely N-dealkylation sites (N-methyl/N-ethyl adjacent to an activating group) is 1. The van der Waals surface area contributed by atoms with Gasteiger partial charge in [-0.15, -0.1) is 6.42 Å². The molecule has 0 aromatic heterocycles. The molecule has 35 heavy (non-hydrogen) atoms. The van der Waals surface area contributed by atoms with Gasteiger partial charge in [0.25, 0.3) is 11.8 Å². The molecule has 1 aliphatic heterocycles. The lowest BCUT2D eigenvalue weighted by Crippen LogP contribution is -2.48. The zero-order valence-electron chi connectivity index (χ0n) is 18.5. The number of carbonyl (C=O) groups excluding carboxylic acids is 4. The van der Waals surface area contributed by atoms with Gasteiger partial charge in [-0.05, 0) is 6.07 Å². The monoisotopic (exact) mass is 497 g/mol.